The van der Waals surface area contributed by atoms with E-state index in [9.17, 15) is 18.0 Å². The van der Waals surface area contributed by atoms with E-state index in [2.05, 4.69) is 10.6 Å². The monoisotopic (exact) mass is 436 g/mol. The molecule has 0 bridgehead atoms. The minimum Gasteiger partial charge on any atom is -0.493 e. The number of sulfone groups is 1. The van der Waals surface area contributed by atoms with Gasteiger partial charge in [0.15, 0.2) is 21.3 Å². The Kier molecular flexibility index (Phi) is 6.33. The number of carbonyl (C=O) groups is 2. The van der Waals surface area contributed by atoms with E-state index >= 15 is 0 Å². The SMILES string of the molecule is COc1ccc(NC(=O)CCS(=O)(=O)c2ccc3c(c2)NC(=O)CS3)cc1OC. The van der Waals surface area contributed by atoms with Gasteiger partial charge in [-0.15, -0.1) is 11.8 Å². The first-order valence-corrected chi connectivity index (χ1v) is 11.3. The van der Waals surface area contributed by atoms with Gasteiger partial charge in [-0.1, -0.05) is 0 Å². The third-order valence-electron chi connectivity index (χ3n) is 4.21. The van der Waals surface area contributed by atoms with E-state index in [0.29, 0.717) is 28.6 Å². The van der Waals surface area contributed by atoms with Crippen LogP contribution in [0.3, 0.4) is 0 Å². The van der Waals surface area contributed by atoms with E-state index < -0.39 is 15.7 Å². The number of thioether (sulfide) groups is 1. The van der Waals surface area contributed by atoms with Crippen LogP contribution >= 0.6 is 11.8 Å². The second-order valence-electron chi connectivity index (χ2n) is 6.18. The molecule has 0 saturated heterocycles. The molecule has 2 aromatic carbocycles. The largest absolute Gasteiger partial charge is 0.493 e. The Bertz CT molecular complexity index is 1050. The van der Waals surface area contributed by atoms with Crippen LogP contribution < -0.4 is 20.1 Å². The second-order valence-corrected chi connectivity index (χ2v) is 9.31. The molecular weight excluding hydrogens is 416 g/mol. The molecule has 0 spiro atoms. The van der Waals surface area contributed by atoms with Crippen LogP contribution in [0.5, 0.6) is 11.5 Å². The summed E-state index contributed by atoms with van der Waals surface area (Å²) in [6.07, 6.45) is -0.213. The molecule has 0 saturated carbocycles. The number of benzene rings is 2. The van der Waals surface area contributed by atoms with Crippen molar-refractivity contribution in [3.63, 3.8) is 0 Å². The molecule has 154 valence electrons. The molecule has 8 nitrogen and oxygen atoms in total. The summed E-state index contributed by atoms with van der Waals surface area (Å²) in [5.41, 5.74) is 0.945. The number of methoxy groups -OCH3 is 2. The standard InChI is InChI=1S/C19H20N2O6S2/c1-26-15-5-3-12(9-16(15)27-2)20-18(22)7-8-29(24,25)13-4-6-17-14(10-13)21-19(23)11-28-17/h3-6,9-10H,7-8,11H2,1-2H3,(H,20,22)(H,21,23). The van der Waals surface area contributed by atoms with Crippen molar-refractivity contribution in [2.45, 2.75) is 16.2 Å². The molecule has 3 rings (SSSR count). The van der Waals surface area contributed by atoms with Crippen LogP contribution in [-0.2, 0) is 19.4 Å². The highest BCUT2D eigenvalue weighted by Crippen LogP contribution is 2.33. The zero-order valence-electron chi connectivity index (χ0n) is 15.9. The Morgan fingerprint density at radius 2 is 1.90 bits per heavy atom. The van der Waals surface area contributed by atoms with E-state index in [1.807, 2.05) is 0 Å². The van der Waals surface area contributed by atoms with Gasteiger partial charge in [0.1, 0.15) is 0 Å². The van der Waals surface area contributed by atoms with Gasteiger partial charge >= 0.3 is 0 Å². The highest BCUT2D eigenvalue weighted by Gasteiger charge is 2.21. The first-order chi connectivity index (χ1) is 13.8. The third-order valence-corrected chi connectivity index (χ3v) is 7.00. The Morgan fingerprint density at radius 3 is 2.62 bits per heavy atom. The summed E-state index contributed by atoms with van der Waals surface area (Å²) >= 11 is 1.35. The van der Waals surface area contributed by atoms with Crippen molar-refractivity contribution in [3.05, 3.63) is 36.4 Å². The molecule has 29 heavy (non-hydrogen) atoms. The van der Waals surface area contributed by atoms with Crippen molar-refractivity contribution in [2.24, 2.45) is 0 Å². The number of nitrogens with one attached hydrogen (secondary N) is 2. The average Bonchev–Trinajstić information content (AvgIpc) is 2.71. The van der Waals surface area contributed by atoms with Gasteiger partial charge in [-0.2, -0.15) is 0 Å². The van der Waals surface area contributed by atoms with E-state index in [1.165, 1.54) is 38.1 Å². The van der Waals surface area contributed by atoms with Crippen molar-refractivity contribution in [1.29, 1.82) is 0 Å². The molecule has 0 unspecified atom stereocenters. The van der Waals surface area contributed by atoms with Crippen LogP contribution in [0.25, 0.3) is 0 Å². The predicted molar refractivity (Wildman–Crippen MR) is 111 cm³/mol. The summed E-state index contributed by atoms with van der Waals surface area (Å²) in [5, 5.41) is 5.31. The van der Waals surface area contributed by atoms with Crippen LogP contribution in [0.1, 0.15) is 6.42 Å². The maximum absolute atomic E-state index is 12.6. The van der Waals surface area contributed by atoms with Crippen molar-refractivity contribution in [1.82, 2.24) is 0 Å². The summed E-state index contributed by atoms with van der Waals surface area (Å²) < 4.78 is 35.5. The Hall–Kier alpha value is -2.72. The number of anilines is 2. The normalized spacial score (nSPS) is 13.2. The van der Waals surface area contributed by atoms with Crippen LogP contribution in [0.4, 0.5) is 11.4 Å². The zero-order chi connectivity index (χ0) is 21.0. The minimum atomic E-state index is -3.69. The van der Waals surface area contributed by atoms with Crippen LogP contribution in [0.2, 0.25) is 0 Å². The molecule has 2 aromatic rings. The van der Waals surface area contributed by atoms with Gasteiger partial charge in [0.05, 0.1) is 36.3 Å². The molecule has 1 heterocycles. The maximum Gasteiger partial charge on any atom is 0.234 e. The molecule has 10 heteroatoms. The fourth-order valence-electron chi connectivity index (χ4n) is 2.74. The van der Waals surface area contributed by atoms with Crippen molar-refractivity contribution in [2.75, 3.05) is 36.4 Å². The molecule has 0 radical (unpaired) electrons. The Balaban J connectivity index is 1.65. The topological polar surface area (TPSA) is 111 Å². The number of ether oxygens (including phenoxy) is 2. The lowest BCUT2D eigenvalue weighted by molar-refractivity contribution is -0.116. The number of carbonyl (C=O) groups excluding carboxylic acids is 2. The van der Waals surface area contributed by atoms with Crippen LogP contribution in [-0.4, -0.2) is 46.0 Å². The number of fused-ring (bicyclic) bond motifs is 1. The smallest absolute Gasteiger partial charge is 0.234 e. The molecule has 2 N–H and O–H groups in total. The summed E-state index contributed by atoms with van der Waals surface area (Å²) in [5.74, 6) is 0.299. The lowest BCUT2D eigenvalue weighted by Crippen LogP contribution is -2.20. The molecule has 0 aliphatic carbocycles. The Labute approximate surface area is 172 Å². The van der Waals surface area contributed by atoms with E-state index in [1.54, 1.807) is 24.3 Å². The lowest BCUT2D eigenvalue weighted by atomic mass is 10.2. The summed E-state index contributed by atoms with van der Waals surface area (Å²) in [6, 6.07) is 9.46. The van der Waals surface area contributed by atoms with Crippen molar-refractivity contribution in [3.8, 4) is 11.5 Å². The number of hydrogen-bond acceptors (Lipinski definition) is 7. The fraction of sp³-hybridized carbons (Fsp3) is 0.263. The van der Waals surface area contributed by atoms with Gasteiger partial charge in [0.25, 0.3) is 0 Å². The Morgan fingerprint density at radius 1 is 1.14 bits per heavy atom. The van der Waals surface area contributed by atoms with Gasteiger partial charge in [-0.25, -0.2) is 8.42 Å². The molecule has 1 aliphatic rings. The summed E-state index contributed by atoms with van der Waals surface area (Å²) in [7, 11) is -0.701. The van der Waals surface area contributed by atoms with E-state index in [-0.39, 0.29) is 23.0 Å². The van der Waals surface area contributed by atoms with Gasteiger partial charge in [0, 0.05) is 23.1 Å². The molecule has 2 amide bonds. The van der Waals surface area contributed by atoms with Crippen LogP contribution in [0, 0.1) is 0 Å². The summed E-state index contributed by atoms with van der Waals surface area (Å²) in [4.78, 5) is 24.6. The third kappa shape index (κ3) is 5.01. The number of hydrogen-bond donors (Lipinski definition) is 2. The first-order valence-electron chi connectivity index (χ1n) is 8.64. The van der Waals surface area contributed by atoms with Gasteiger partial charge < -0.3 is 20.1 Å². The zero-order valence-corrected chi connectivity index (χ0v) is 17.5. The van der Waals surface area contributed by atoms with Crippen molar-refractivity contribution < 1.29 is 27.5 Å². The lowest BCUT2D eigenvalue weighted by Gasteiger charge is -2.17. The number of rotatable bonds is 7. The predicted octanol–water partition coefficient (Wildman–Crippen LogP) is 2.55. The summed E-state index contributed by atoms with van der Waals surface area (Å²) in [6.45, 7) is 0. The van der Waals surface area contributed by atoms with Gasteiger partial charge in [0.2, 0.25) is 11.8 Å². The minimum absolute atomic E-state index is 0.0676. The molecule has 0 fully saturated rings. The molecule has 1 aliphatic heterocycles. The average molecular weight is 437 g/mol. The molecule has 0 atom stereocenters. The number of amides is 2. The molecule has 0 aromatic heterocycles. The fourth-order valence-corrected chi connectivity index (χ4v) is 4.79. The maximum atomic E-state index is 12.6. The van der Waals surface area contributed by atoms with E-state index in [4.69, 9.17) is 9.47 Å². The van der Waals surface area contributed by atoms with Gasteiger partial charge in [-0.3, -0.25) is 9.59 Å². The van der Waals surface area contributed by atoms with Gasteiger partial charge in [-0.05, 0) is 30.3 Å². The highest BCUT2D eigenvalue weighted by molar-refractivity contribution is 8.00. The highest BCUT2D eigenvalue weighted by atomic mass is 32.2. The van der Waals surface area contributed by atoms with Crippen LogP contribution in [0.15, 0.2) is 46.2 Å². The van der Waals surface area contributed by atoms with Crippen molar-refractivity contribution >= 4 is 44.8 Å². The first kappa shape index (κ1) is 21.0. The quantitative estimate of drug-likeness (QED) is 0.686. The van der Waals surface area contributed by atoms with E-state index in [0.717, 1.165) is 4.90 Å². The second kappa shape index (κ2) is 8.75. The molecular formula is C19H20N2O6S2.